The first kappa shape index (κ1) is 20.8. The molecule has 2 unspecified atom stereocenters. The molecule has 5 aromatic rings. The number of methoxy groups -OCH3 is 1. The molecule has 1 N–H and O–H groups in total. The van der Waals surface area contributed by atoms with Crippen LogP contribution in [0.15, 0.2) is 55.1 Å². The monoisotopic (exact) mass is 477 g/mol. The van der Waals surface area contributed by atoms with Crippen LogP contribution in [-0.4, -0.2) is 67.0 Å². The zero-order chi connectivity index (χ0) is 24.2. The number of nitrogens with one attached hydrogen (secondary N) is 1. The molecule has 10 nitrogen and oxygen atoms in total. The average Bonchev–Trinajstić information content (AvgIpc) is 3.53. The fourth-order valence-electron chi connectivity index (χ4n) is 5.55. The largest absolute Gasteiger partial charge is 0.481 e. The van der Waals surface area contributed by atoms with Gasteiger partial charge in [-0.05, 0) is 30.2 Å². The van der Waals surface area contributed by atoms with Crippen LogP contribution in [0.4, 0.5) is 5.82 Å². The second-order valence-corrected chi connectivity index (χ2v) is 9.41. The molecule has 0 radical (unpaired) electrons. The molecule has 3 fully saturated rings. The number of rotatable bonds is 5. The highest BCUT2D eigenvalue weighted by atomic mass is 16.5. The van der Waals surface area contributed by atoms with Crippen molar-refractivity contribution in [1.82, 2.24) is 34.7 Å². The van der Waals surface area contributed by atoms with Crippen molar-refractivity contribution < 1.29 is 4.74 Å². The predicted octanol–water partition coefficient (Wildman–Crippen LogP) is 3.01. The Balaban J connectivity index is 1.11. The van der Waals surface area contributed by atoms with Gasteiger partial charge in [0.15, 0.2) is 5.65 Å². The molecule has 10 heteroatoms. The number of hydrogen-bond donors (Lipinski definition) is 1. The summed E-state index contributed by atoms with van der Waals surface area (Å²) in [5.41, 5.74) is 5.22. The molecule has 178 valence electrons. The van der Waals surface area contributed by atoms with Crippen LogP contribution >= 0.6 is 0 Å². The molecule has 3 saturated heterocycles. The van der Waals surface area contributed by atoms with Crippen LogP contribution < -0.4 is 9.64 Å². The molecule has 5 aromatic heterocycles. The molecule has 36 heavy (non-hydrogen) atoms. The van der Waals surface area contributed by atoms with E-state index in [1.54, 1.807) is 24.0 Å². The van der Waals surface area contributed by atoms with Gasteiger partial charge in [0, 0.05) is 67.5 Å². The first-order valence-corrected chi connectivity index (χ1v) is 11.9. The highest BCUT2D eigenvalue weighted by molar-refractivity contribution is 6.00. The van der Waals surface area contributed by atoms with E-state index in [0.717, 1.165) is 47.5 Å². The van der Waals surface area contributed by atoms with Crippen molar-refractivity contribution >= 4 is 22.4 Å². The Bertz CT molecular complexity index is 1600. The van der Waals surface area contributed by atoms with Gasteiger partial charge in [-0.25, -0.2) is 14.5 Å². The number of piperazine rings is 1. The lowest BCUT2D eigenvalue weighted by Gasteiger charge is -2.56. The predicted molar refractivity (Wildman–Crippen MR) is 134 cm³/mol. The Hall–Kier alpha value is -4.49. The maximum absolute atomic E-state index is 9.53. The van der Waals surface area contributed by atoms with Crippen molar-refractivity contribution in [2.45, 2.75) is 25.0 Å². The fraction of sp³-hybridized carbons (Fsp3) is 0.269. The van der Waals surface area contributed by atoms with E-state index in [9.17, 15) is 5.26 Å². The number of hydrogen-bond acceptors (Lipinski definition) is 8. The third-order valence-corrected chi connectivity index (χ3v) is 7.36. The summed E-state index contributed by atoms with van der Waals surface area (Å²) >= 11 is 0. The standard InChI is InChI=1S/C26H23N9O/c1-36-24-5-2-16(9-29-24)12-34-19-7-20(34)15-33(14-19)23-4-3-18(10-28-23)21-6-17(8-27)13-35-25(21)22-11-30-31-26(22)32-35/h2-6,9-11,13,19-20H,7,12,14-15H2,1H3,(H,31,32). The van der Waals surface area contributed by atoms with Crippen LogP contribution in [0.5, 0.6) is 5.88 Å². The molecule has 8 heterocycles. The minimum Gasteiger partial charge on any atom is -0.481 e. The molecule has 2 atom stereocenters. The van der Waals surface area contributed by atoms with Gasteiger partial charge in [0.2, 0.25) is 5.88 Å². The van der Waals surface area contributed by atoms with Gasteiger partial charge in [-0.1, -0.05) is 6.07 Å². The summed E-state index contributed by atoms with van der Waals surface area (Å²) < 4.78 is 6.92. The summed E-state index contributed by atoms with van der Waals surface area (Å²) in [7, 11) is 1.64. The molecule has 0 aromatic carbocycles. The van der Waals surface area contributed by atoms with E-state index in [-0.39, 0.29) is 0 Å². The second-order valence-electron chi connectivity index (χ2n) is 9.41. The van der Waals surface area contributed by atoms with Crippen LogP contribution in [0.1, 0.15) is 17.5 Å². The number of aromatic nitrogens is 6. The Kier molecular flexibility index (Phi) is 4.65. The van der Waals surface area contributed by atoms with Gasteiger partial charge < -0.3 is 9.64 Å². The number of piperidine rings is 1. The zero-order valence-corrected chi connectivity index (χ0v) is 19.7. The molecule has 0 spiro atoms. The minimum atomic E-state index is 0.514. The lowest BCUT2D eigenvalue weighted by atomic mass is 9.87. The third kappa shape index (κ3) is 3.28. The second kappa shape index (κ2) is 8.03. The summed E-state index contributed by atoms with van der Waals surface area (Å²) in [4.78, 5) is 14.1. The Morgan fingerprint density at radius 3 is 2.72 bits per heavy atom. The SMILES string of the molecule is COc1ccc(CN2C3CC2CN(c2ccc(-c4cc(C#N)cn5nc6[nH]ncc6c45)cn2)C3)cn1. The highest BCUT2D eigenvalue weighted by Gasteiger charge is 2.44. The fourth-order valence-corrected chi connectivity index (χ4v) is 5.55. The number of H-pyrrole nitrogens is 1. The highest BCUT2D eigenvalue weighted by Crippen LogP contribution is 2.36. The lowest BCUT2D eigenvalue weighted by molar-refractivity contribution is -0.00876. The maximum atomic E-state index is 9.53. The Morgan fingerprint density at radius 2 is 2.00 bits per heavy atom. The number of nitrogens with zero attached hydrogens (tertiary/aromatic N) is 8. The zero-order valence-electron chi connectivity index (χ0n) is 19.7. The van der Waals surface area contributed by atoms with Crippen LogP contribution in [0.25, 0.3) is 27.7 Å². The number of anilines is 1. The first-order chi connectivity index (χ1) is 17.7. The maximum Gasteiger partial charge on any atom is 0.212 e. The summed E-state index contributed by atoms with van der Waals surface area (Å²) in [6.07, 6.45) is 8.52. The van der Waals surface area contributed by atoms with Crippen LogP contribution in [0.3, 0.4) is 0 Å². The van der Waals surface area contributed by atoms with Gasteiger partial charge in [-0.3, -0.25) is 10.00 Å². The molecule has 0 aliphatic carbocycles. The van der Waals surface area contributed by atoms with Gasteiger partial charge in [0.05, 0.1) is 29.8 Å². The quantitative estimate of drug-likeness (QED) is 0.411. The summed E-state index contributed by atoms with van der Waals surface area (Å²) in [5.74, 6) is 1.62. The van der Waals surface area contributed by atoms with Crippen LogP contribution in [0.2, 0.25) is 0 Å². The number of fused-ring (bicyclic) bond motifs is 5. The van der Waals surface area contributed by atoms with Gasteiger partial charge in [0.1, 0.15) is 11.9 Å². The van der Waals surface area contributed by atoms with E-state index >= 15 is 0 Å². The molecule has 0 amide bonds. The molecule has 8 rings (SSSR count). The summed E-state index contributed by atoms with van der Waals surface area (Å²) in [6, 6.07) is 13.3. The van der Waals surface area contributed by atoms with E-state index < -0.39 is 0 Å². The van der Waals surface area contributed by atoms with E-state index in [4.69, 9.17) is 9.72 Å². The number of nitriles is 1. The van der Waals surface area contributed by atoms with E-state index in [0.29, 0.717) is 29.2 Å². The van der Waals surface area contributed by atoms with E-state index in [1.807, 2.05) is 24.5 Å². The Labute approximate surface area is 206 Å². The van der Waals surface area contributed by atoms with Crippen LogP contribution in [-0.2, 0) is 6.54 Å². The summed E-state index contributed by atoms with van der Waals surface area (Å²) in [5, 5.41) is 22.0. The lowest BCUT2D eigenvalue weighted by Crippen LogP contribution is -2.68. The van der Waals surface area contributed by atoms with Crippen molar-refractivity contribution in [3.05, 3.63) is 66.2 Å². The van der Waals surface area contributed by atoms with E-state index in [2.05, 4.69) is 54.3 Å². The van der Waals surface area contributed by atoms with Gasteiger partial charge in [-0.15, -0.1) is 5.10 Å². The normalized spacial score (nSPS) is 19.4. The molecule has 3 aliphatic rings. The molecule has 3 aliphatic heterocycles. The van der Waals surface area contributed by atoms with Crippen LogP contribution in [0, 0.1) is 11.3 Å². The van der Waals surface area contributed by atoms with Gasteiger partial charge >= 0.3 is 0 Å². The summed E-state index contributed by atoms with van der Waals surface area (Å²) in [6.45, 7) is 2.82. The van der Waals surface area contributed by atoms with Crippen molar-refractivity contribution in [2.75, 3.05) is 25.1 Å². The smallest absolute Gasteiger partial charge is 0.212 e. The molecular weight excluding hydrogens is 454 g/mol. The first-order valence-electron chi connectivity index (χ1n) is 11.9. The number of aromatic amines is 1. The number of pyridine rings is 3. The minimum absolute atomic E-state index is 0.514. The molecule has 2 bridgehead atoms. The van der Waals surface area contributed by atoms with Gasteiger partial charge in [-0.2, -0.15) is 10.4 Å². The average molecular weight is 478 g/mol. The Morgan fingerprint density at radius 1 is 1.11 bits per heavy atom. The van der Waals surface area contributed by atoms with Crippen molar-refractivity contribution in [3.63, 3.8) is 0 Å². The van der Waals surface area contributed by atoms with Crippen molar-refractivity contribution in [3.8, 4) is 23.1 Å². The topological polar surface area (TPSA) is 111 Å². The van der Waals surface area contributed by atoms with Gasteiger partial charge in [0.25, 0.3) is 0 Å². The van der Waals surface area contributed by atoms with Crippen molar-refractivity contribution in [1.29, 1.82) is 5.26 Å². The molecular formula is C26H23N9O. The third-order valence-electron chi connectivity index (χ3n) is 7.36. The molecule has 0 saturated carbocycles. The number of ether oxygens (including phenoxy) is 1. The van der Waals surface area contributed by atoms with Crippen molar-refractivity contribution in [2.24, 2.45) is 0 Å². The van der Waals surface area contributed by atoms with E-state index in [1.165, 1.54) is 12.0 Å².